The molecule has 5 nitrogen and oxygen atoms in total. The lowest BCUT2D eigenvalue weighted by Crippen LogP contribution is -2.22. The van der Waals surface area contributed by atoms with Crippen molar-refractivity contribution in [1.29, 1.82) is 0 Å². The lowest BCUT2D eigenvalue weighted by molar-refractivity contribution is -0.120. The second kappa shape index (κ2) is 5.16. The summed E-state index contributed by atoms with van der Waals surface area (Å²) >= 11 is 0. The Labute approximate surface area is 106 Å². The molecule has 2 rings (SSSR count). The van der Waals surface area contributed by atoms with Gasteiger partial charge in [0.05, 0.1) is 5.69 Å². The topological polar surface area (TPSA) is 85.1 Å². The highest BCUT2D eigenvalue weighted by Gasteiger charge is 2.22. The van der Waals surface area contributed by atoms with Gasteiger partial charge in [-0.3, -0.25) is 9.59 Å². The molecule has 5 heteroatoms. The van der Waals surface area contributed by atoms with Gasteiger partial charge in [0, 0.05) is 31.5 Å². The van der Waals surface area contributed by atoms with E-state index in [9.17, 15) is 9.59 Å². The molecule has 1 saturated carbocycles. The number of nitrogens with two attached hydrogens (primary N) is 1. The maximum absolute atomic E-state index is 11.6. The van der Waals surface area contributed by atoms with Crippen LogP contribution in [0.1, 0.15) is 47.8 Å². The first-order chi connectivity index (χ1) is 8.61. The number of nitrogens with zero attached hydrogens (tertiary/aromatic N) is 1. The van der Waals surface area contributed by atoms with E-state index in [-0.39, 0.29) is 17.5 Å². The summed E-state index contributed by atoms with van der Waals surface area (Å²) < 4.78 is 0. The molecule has 1 heterocycles. The van der Waals surface area contributed by atoms with Crippen molar-refractivity contribution < 1.29 is 9.59 Å². The minimum Gasteiger partial charge on any atom is -0.397 e. The molecule has 1 aromatic heterocycles. The third-order valence-electron chi connectivity index (χ3n) is 3.35. The predicted molar refractivity (Wildman–Crippen MR) is 68.3 cm³/mol. The number of pyridine rings is 1. The van der Waals surface area contributed by atoms with Crippen LogP contribution in [0.25, 0.3) is 0 Å². The highest BCUT2D eigenvalue weighted by Crippen LogP contribution is 2.30. The molecule has 3 N–H and O–H groups in total. The second-order valence-electron chi connectivity index (χ2n) is 4.57. The summed E-state index contributed by atoms with van der Waals surface area (Å²) in [7, 11) is 1.55. The number of aromatic nitrogens is 1. The minimum atomic E-state index is -0.277. The lowest BCUT2D eigenvalue weighted by Gasteiger charge is -2.21. The summed E-state index contributed by atoms with van der Waals surface area (Å²) in [5.41, 5.74) is 7.25. The number of nitrogen functional groups attached to an aromatic ring is 1. The fourth-order valence-corrected chi connectivity index (χ4v) is 2.25. The molecule has 1 aliphatic carbocycles. The molecule has 1 fully saturated rings. The van der Waals surface area contributed by atoms with E-state index in [1.165, 1.54) is 0 Å². The summed E-state index contributed by atoms with van der Waals surface area (Å²) in [5.74, 6) is 0.293. The fraction of sp³-hybridized carbons (Fsp3) is 0.462. The Kier molecular flexibility index (Phi) is 3.60. The molecule has 18 heavy (non-hydrogen) atoms. The summed E-state index contributed by atoms with van der Waals surface area (Å²) in [6, 6.07) is 3.56. The zero-order valence-electron chi connectivity index (χ0n) is 10.4. The van der Waals surface area contributed by atoms with Crippen LogP contribution >= 0.6 is 0 Å². The Hall–Kier alpha value is -1.91. The number of carbonyl (C=O) groups is 2. The number of amides is 1. The van der Waals surface area contributed by atoms with Crippen LogP contribution < -0.4 is 11.1 Å². The van der Waals surface area contributed by atoms with Crippen LogP contribution in [0.15, 0.2) is 12.1 Å². The van der Waals surface area contributed by atoms with E-state index in [1.807, 2.05) is 6.07 Å². The number of hydrogen-bond acceptors (Lipinski definition) is 4. The maximum atomic E-state index is 11.6. The number of rotatable bonds is 2. The van der Waals surface area contributed by atoms with Crippen molar-refractivity contribution in [2.24, 2.45) is 0 Å². The molecular formula is C13H17N3O2. The van der Waals surface area contributed by atoms with Gasteiger partial charge in [0.2, 0.25) is 0 Å². The van der Waals surface area contributed by atoms with Crippen LogP contribution in [-0.2, 0) is 4.79 Å². The molecule has 0 aromatic carbocycles. The first-order valence-corrected chi connectivity index (χ1v) is 6.12. The average molecular weight is 247 g/mol. The third kappa shape index (κ3) is 2.50. The third-order valence-corrected chi connectivity index (χ3v) is 3.35. The Bertz CT molecular complexity index is 475. The van der Waals surface area contributed by atoms with Crippen LogP contribution in [0.3, 0.4) is 0 Å². The van der Waals surface area contributed by atoms with Gasteiger partial charge in [-0.05, 0) is 25.0 Å². The molecule has 0 spiro atoms. The largest absolute Gasteiger partial charge is 0.397 e. The summed E-state index contributed by atoms with van der Waals surface area (Å²) in [4.78, 5) is 27.2. The van der Waals surface area contributed by atoms with Gasteiger partial charge in [-0.15, -0.1) is 0 Å². The molecule has 0 bridgehead atoms. The van der Waals surface area contributed by atoms with Gasteiger partial charge < -0.3 is 11.1 Å². The summed E-state index contributed by atoms with van der Waals surface area (Å²) in [6.07, 6.45) is 2.82. The Balaban J connectivity index is 2.24. The van der Waals surface area contributed by atoms with E-state index in [1.54, 1.807) is 13.1 Å². The van der Waals surface area contributed by atoms with Crippen molar-refractivity contribution in [2.75, 3.05) is 12.8 Å². The van der Waals surface area contributed by atoms with Gasteiger partial charge >= 0.3 is 0 Å². The van der Waals surface area contributed by atoms with Gasteiger partial charge in [-0.2, -0.15) is 0 Å². The van der Waals surface area contributed by atoms with Crippen molar-refractivity contribution in [2.45, 2.75) is 31.6 Å². The van der Waals surface area contributed by atoms with Crippen LogP contribution in [0, 0.1) is 0 Å². The van der Waals surface area contributed by atoms with Crippen molar-refractivity contribution in [3.05, 3.63) is 23.5 Å². The number of ketones is 1. The molecule has 0 unspecified atom stereocenters. The zero-order chi connectivity index (χ0) is 13.1. The quantitative estimate of drug-likeness (QED) is 0.823. The Morgan fingerprint density at radius 3 is 2.67 bits per heavy atom. The van der Waals surface area contributed by atoms with Gasteiger partial charge in [-0.1, -0.05) is 0 Å². The van der Waals surface area contributed by atoms with Crippen LogP contribution in [0.5, 0.6) is 0 Å². The second-order valence-corrected chi connectivity index (χ2v) is 4.57. The molecule has 0 atom stereocenters. The van der Waals surface area contributed by atoms with Crippen molar-refractivity contribution in [1.82, 2.24) is 10.3 Å². The van der Waals surface area contributed by atoms with Gasteiger partial charge in [0.15, 0.2) is 5.69 Å². The number of nitrogens with one attached hydrogen (secondary N) is 1. The van der Waals surface area contributed by atoms with Crippen LogP contribution in [0.4, 0.5) is 5.69 Å². The number of hydrogen-bond donors (Lipinski definition) is 2. The van der Waals surface area contributed by atoms with E-state index in [2.05, 4.69) is 10.3 Å². The number of carbonyl (C=O) groups excluding carboxylic acids is 2. The molecule has 1 aromatic rings. The van der Waals surface area contributed by atoms with Crippen LogP contribution in [-0.4, -0.2) is 23.7 Å². The monoisotopic (exact) mass is 247 g/mol. The van der Waals surface area contributed by atoms with E-state index >= 15 is 0 Å². The van der Waals surface area contributed by atoms with Gasteiger partial charge in [-0.25, -0.2) is 4.98 Å². The van der Waals surface area contributed by atoms with E-state index in [4.69, 9.17) is 5.73 Å². The van der Waals surface area contributed by atoms with Crippen molar-refractivity contribution >= 4 is 17.4 Å². The van der Waals surface area contributed by atoms with Crippen molar-refractivity contribution in [3.8, 4) is 0 Å². The highest BCUT2D eigenvalue weighted by molar-refractivity contribution is 5.96. The first kappa shape index (κ1) is 12.5. The molecule has 0 saturated heterocycles. The Morgan fingerprint density at radius 1 is 1.39 bits per heavy atom. The number of Topliss-reactive ketones (excluding diaryl/α,β-unsaturated/α-hetero) is 1. The molecule has 96 valence electrons. The predicted octanol–water partition coefficient (Wildman–Crippen LogP) is 1.25. The molecule has 0 radical (unpaired) electrons. The summed E-state index contributed by atoms with van der Waals surface area (Å²) in [5, 5.41) is 2.52. The van der Waals surface area contributed by atoms with Gasteiger partial charge in [0.1, 0.15) is 5.78 Å². The lowest BCUT2D eigenvalue weighted by atomic mass is 9.86. The highest BCUT2D eigenvalue weighted by atomic mass is 16.1. The first-order valence-electron chi connectivity index (χ1n) is 6.12. The molecule has 1 amide bonds. The minimum absolute atomic E-state index is 0.256. The normalized spacial score (nSPS) is 16.6. The molecular weight excluding hydrogens is 230 g/mol. The van der Waals surface area contributed by atoms with E-state index in [0.717, 1.165) is 18.5 Å². The van der Waals surface area contributed by atoms with E-state index < -0.39 is 0 Å². The number of anilines is 1. The average Bonchev–Trinajstić information content (AvgIpc) is 2.39. The van der Waals surface area contributed by atoms with Crippen LogP contribution in [0.2, 0.25) is 0 Å². The Morgan fingerprint density at radius 2 is 2.06 bits per heavy atom. The summed E-state index contributed by atoms with van der Waals surface area (Å²) in [6.45, 7) is 0. The smallest absolute Gasteiger partial charge is 0.271 e. The zero-order valence-corrected chi connectivity index (χ0v) is 10.4. The van der Waals surface area contributed by atoms with E-state index in [0.29, 0.717) is 24.3 Å². The fourth-order valence-electron chi connectivity index (χ4n) is 2.25. The molecule has 0 aliphatic heterocycles. The molecule has 1 aliphatic rings. The van der Waals surface area contributed by atoms with Gasteiger partial charge in [0.25, 0.3) is 5.91 Å². The van der Waals surface area contributed by atoms with Crippen molar-refractivity contribution in [3.63, 3.8) is 0 Å². The maximum Gasteiger partial charge on any atom is 0.271 e. The SMILES string of the molecule is CNC(=O)c1nc(C2CCC(=O)CC2)ccc1N. The standard InChI is InChI=1S/C13H17N3O2/c1-15-13(18)12-10(14)6-7-11(16-12)8-2-4-9(17)5-3-8/h6-8H,2-5,14H2,1H3,(H,15,18).